The van der Waals surface area contributed by atoms with Gasteiger partial charge in [0.15, 0.2) is 0 Å². The van der Waals surface area contributed by atoms with Gasteiger partial charge in [0, 0.05) is 6.04 Å². The Balaban J connectivity index is 2.01. The molecule has 1 heterocycles. The Kier molecular flexibility index (Phi) is 3.39. The van der Waals surface area contributed by atoms with Crippen molar-refractivity contribution in [2.45, 2.75) is 25.3 Å². The highest BCUT2D eigenvalue weighted by atomic mass is 15.1. The first-order valence-electron chi connectivity index (χ1n) is 7.14. The predicted octanol–water partition coefficient (Wildman–Crippen LogP) is 4.34. The fourth-order valence-corrected chi connectivity index (χ4v) is 3.20. The Morgan fingerprint density at radius 3 is 2.74 bits per heavy atom. The molecule has 0 bridgehead atoms. The summed E-state index contributed by atoms with van der Waals surface area (Å²) >= 11 is 0. The first kappa shape index (κ1) is 12.4. The summed E-state index contributed by atoms with van der Waals surface area (Å²) in [6.07, 6.45) is 3.87. The lowest BCUT2D eigenvalue weighted by atomic mass is 9.89. The molecular weight excluding hydrogens is 230 g/mol. The lowest BCUT2D eigenvalue weighted by molar-refractivity contribution is 0.229. The van der Waals surface area contributed by atoms with Crippen LogP contribution in [0.2, 0.25) is 0 Å². The number of likely N-dealkylation sites (tertiary alicyclic amines) is 1. The summed E-state index contributed by atoms with van der Waals surface area (Å²) in [6.45, 7) is 5.60. The van der Waals surface area contributed by atoms with E-state index in [1.54, 1.807) is 0 Å². The summed E-state index contributed by atoms with van der Waals surface area (Å²) in [6, 6.07) is 15.6. The number of rotatable bonds is 2. The summed E-state index contributed by atoms with van der Waals surface area (Å²) in [7, 11) is 2.22. The summed E-state index contributed by atoms with van der Waals surface area (Å²) in [5.41, 5.74) is 2.59. The Morgan fingerprint density at radius 1 is 1.11 bits per heavy atom. The van der Waals surface area contributed by atoms with Gasteiger partial charge in [0.1, 0.15) is 0 Å². The average molecular weight is 251 g/mol. The third-order valence-corrected chi connectivity index (χ3v) is 4.31. The van der Waals surface area contributed by atoms with Crippen molar-refractivity contribution in [3.8, 4) is 0 Å². The van der Waals surface area contributed by atoms with E-state index in [2.05, 4.69) is 61.0 Å². The van der Waals surface area contributed by atoms with Gasteiger partial charge in [-0.3, -0.25) is 4.90 Å². The number of benzene rings is 2. The van der Waals surface area contributed by atoms with Crippen LogP contribution in [0.25, 0.3) is 16.3 Å². The third kappa shape index (κ3) is 2.31. The van der Waals surface area contributed by atoms with Crippen LogP contribution in [0.1, 0.15) is 24.8 Å². The van der Waals surface area contributed by atoms with Crippen molar-refractivity contribution in [3.63, 3.8) is 0 Å². The average Bonchev–Trinajstić information content (AvgIpc) is 2.46. The highest BCUT2D eigenvalue weighted by molar-refractivity contribution is 5.94. The molecule has 0 radical (unpaired) electrons. The van der Waals surface area contributed by atoms with Crippen LogP contribution in [-0.4, -0.2) is 24.5 Å². The van der Waals surface area contributed by atoms with Gasteiger partial charge in [-0.1, -0.05) is 55.5 Å². The summed E-state index contributed by atoms with van der Waals surface area (Å²) in [4.78, 5) is 2.45. The maximum atomic E-state index is 4.41. The van der Waals surface area contributed by atoms with Gasteiger partial charge in [0.05, 0.1) is 0 Å². The Bertz CT molecular complexity index is 594. The second-order valence-electron chi connectivity index (χ2n) is 5.54. The van der Waals surface area contributed by atoms with E-state index in [9.17, 15) is 0 Å². The maximum absolute atomic E-state index is 4.41. The number of hydrogen-bond donors (Lipinski definition) is 0. The number of fused-ring (bicyclic) bond motifs is 1. The van der Waals surface area contributed by atoms with Gasteiger partial charge in [-0.25, -0.2) is 0 Å². The second kappa shape index (κ2) is 5.18. The van der Waals surface area contributed by atoms with Crippen LogP contribution in [0.15, 0.2) is 49.0 Å². The van der Waals surface area contributed by atoms with Gasteiger partial charge in [0.2, 0.25) is 0 Å². The molecule has 1 fully saturated rings. The van der Waals surface area contributed by atoms with E-state index in [1.807, 2.05) is 0 Å². The molecule has 0 amide bonds. The topological polar surface area (TPSA) is 3.24 Å². The molecule has 2 aromatic rings. The fourth-order valence-electron chi connectivity index (χ4n) is 3.20. The highest BCUT2D eigenvalue weighted by Gasteiger charge is 2.22. The lowest BCUT2D eigenvalue weighted by Crippen LogP contribution is -2.36. The zero-order chi connectivity index (χ0) is 13.2. The van der Waals surface area contributed by atoms with Crippen LogP contribution in [0.3, 0.4) is 0 Å². The monoisotopic (exact) mass is 251 g/mol. The molecule has 98 valence electrons. The van der Waals surface area contributed by atoms with E-state index >= 15 is 0 Å². The Labute approximate surface area is 115 Å². The van der Waals surface area contributed by atoms with Crippen LogP contribution >= 0.6 is 0 Å². The van der Waals surface area contributed by atoms with E-state index in [0.29, 0.717) is 6.04 Å². The minimum atomic E-state index is 0.500. The molecule has 1 unspecified atom stereocenters. The van der Waals surface area contributed by atoms with Crippen molar-refractivity contribution >= 4 is 16.3 Å². The zero-order valence-electron chi connectivity index (χ0n) is 11.6. The van der Waals surface area contributed by atoms with Gasteiger partial charge in [-0.05, 0) is 48.3 Å². The standard InChI is InChI=1S/C18H21N/c1-14(18-12-5-6-13-19(18)2)16-11-7-9-15-8-3-4-10-17(15)16/h3-4,7-11,18H,1,5-6,12-13H2,2H3. The largest absolute Gasteiger partial charge is 0.299 e. The molecular formula is C18H21N. The van der Waals surface area contributed by atoms with Crippen LogP contribution in [0.5, 0.6) is 0 Å². The summed E-state index contributed by atoms with van der Waals surface area (Å²) in [5.74, 6) is 0. The molecule has 2 aromatic carbocycles. The summed E-state index contributed by atoms with van der Waals surface area (Å²) in [5, 5.41) is 2.63. The molecule has 0 aliphatic carbocycles. The van der Waals surface area contributed by atoms with Crippen molar-refractivity contribution in [2.75, 3.05) is 13.6 Å². The second-order valence-corrected chi connectivity index (χ2v) is 5.54. The quantitative estimate of drug-likeness (QED) is 0.767. The molecule has 1 aliphatic rings. The molecule has 0 spiro atoms. The van der Waals surface area contributed by atoms with Crippen molar-refractivity contribution in [1.29, 1.82) is 0 Å². The van der Waals surface area contributed by atoms with Gasteiger partial charge in [-0.2, -0.15) is 0 Å². The number of likely N-dealkylation sites (N-methyl/N-ethyl adjacent to an activating group) is 1. The molecule has 19 heavy (non-hydrogen) atoms. The van der Waals surface area contributed by atoms with Gasteiger partial charge >= 0.3 is 0 Å². The van der Waals surface area contributed by atoms with Gasteiger partial charge in [-0.15, -0.1) is 0 Å². The number of nitrogens with zero attached hydrogens (tertiary/aromatic N) is 1. The molecule has 3 rings (SSSR count). The van der Waals surface area contributed by atoms with E-state index in [-0.39, 0.29) is 0 Å². The van der Waals surface area contributed by atoms with Crippen molar-refractivity contribution in [3.05, 3.63) is 54.6 Å². The molecule has 0 N–H and O–H groups in total. The zero-order valence-corrected chi connectivity index (χ0v) is 11.6. The molecule has 1 nitrogen and oxygen atoms in total. The van der Waals surface area contributed by atoms with Crippen molar-refractivity contribution < 1.29 is 0 Å². The molecule has 1 aliphatic heterocycles. The van der Waals surface area contributed by atoms with Crippen LogP contribution in [0.4, 0.5) is 0 Å². The SMILES string of the molecule is C=C(c1cccc2ccccc12)C1CCCCN1C. The third-order valence-electron chi connectivity index (χ3n) is 4.31. The van der Waals surface area contributed by atoms with E-state index in [0.717, 1.165) is 0 Å². The lowest BCUT2D eigenvalue weighted by Gasteiger charge is -2.34. The van der Waals surface area contributed by atoms with E-state index < -0.39 is 0 Å². The van der Waals surface area contributed by atoms with Gasteiger partial charge in [0.25, 0.3) is 0 Å². The minimum Gasteiger partial charge on any atom is -0.299 e. The van der Waals surface area contributed by atoms with Crippen LogP contribution in [-0.2, 0) is 0 Å². The van der Waals surface area contributed by atoms with E-state index in [4.69, 9.17) is 0 Å². The fraction of sp³-hybridized carbons (Fsp3) is 0.333. The molecule has 1 saturated heterocycles. The summed E-state index contributed by atoms with van der Waals surface area (Å²) < 4.78 is 0. The number of piperidine rings is 1. The first-order valence-corrected chi connectivity index (χ1v) is 7.14. The van der Waals surface area contributed by atoms with Gasteiger partial charge < -0.3 is 0 Å². The Hall–Kier alpha value is -1.60. The minimum absolute atomic E-state index is 0.500. The Morgan fingerprint density at radius 2 is 1.89 bits per heavy atom. The molecule has 1 atom stereocenters. The maximum Gasteiger partial charge on any atom is 0.0345 e. The molecule has 1 heteroatoms. The highest BCUT2D eigenvalue weighted by Crippen LogP contribution is 2.31. The first-order chi connectivity index (χ1) is 9.27. The van der Waals surface area contributed by atoms with Crippen molar-refractivity contribution in [2.24, 2.45) is 0 Å². The van der Waals surface area contributed by atoms with Crippen LogP contribution in [0, 0.1) is 0 Å². The van der Waals surface area contributed by atoms with Crippen LogP contribution < -0.4 is 0 Å². The predicted molar refractivity (Wildman–Crippen MR) is 83.3 cm³/mol. The number of hydrogen-bond acceptors (Lipinski definition) is 1. The van der Waals surface area contributed by atoms with E-state index in [1.165, 1.54) is 47.7 Å². The smallest absolute Gasteiger partial charge is 0.0345 e. The molecule has 0 aromatic heterocycles. The van der Waals surface area contributed by atoms with Crippen molar-refractivity contribution in [1.82, 2.24) is 4.90 Å². The molecule has 0 saturated carbocycles. The normalized spacial score (nSPS) is 20.6.